The fourth-order valence-corrected chi connectivity index (χ4v) is 1.31. The standard InChI is InChI=1S/C14H18O5/c1-3-8-17-9-10-18-14(16)19-13-6-4-12(5-7-13)11(2)15/h4-7H,3,8-10H2,1-2H3. The zero-order chi connectivity index (χ0) is 14.1. The van der Waals surface area contributed by atoms with E-state index in [1.165, 1.54) is 6.92 Å². The molecule has 1 aromatic rings. The van der Waals surface area contributed by atoms with Crippen LogP contribution in [0.5, 0.6) is 5.75 Å². The SMILES string of the molecule is CCCOCCOC(=O)Oc1ccc(C(C)=O)cc1. The van der Waals surface area contributed by atoms with Gasteiger partial charge in [0.15, 0.2) is 5.78 Å². The minimum atomic E-state index is -0.782. The van der Waals surface area contributed by atoms with Gasteiger partial charge in [-0.1, -0.05) is 6.92 Å². The first-order chi connectivity index (χ1) is 9.13. The second kappa shape index (κ2) is 8.26. The van der Waals surface area contributed by atoms with Crippen molar-refractivity contribution in [3.05, 3.63) is 29.8 Å². The molecular weight excluding hydrogens is 248 g/mol. The van der Waals surface area contributed by atoms with Crippen molar-refractivity contribution in [2.75, 3.05) is 19.8 Å². The predicted octanol–water partition coefficient (Wildman–Crippen LogP) is 2.83. The lowest BCUT2D eigenvalue weighted by atomic mass is 10.1. The van der Waals surface area contributed by atoms with Gasteiger partial charge in [0.05, 0.1) is 6.61 Å². The Kier molecular flexibility index (Phi) is 6.60. The smallest absolute Gasteiger partial charge is 0.432 e. The fourth-order valence-electron chi connectivity index (χ4n) is 1.31. The van der Waals surface area contributed by atoms with E-state index in [2.05, 4.69) is 0 Å². The van der Waals surface area contributed by atoms with Crippen LogP contribution in [-0.2, 0) is 9.47 Å². The van der Waals surface area contributed by atoms with Crippen LogP contribution in [0.2, 0.25) is 0 Å². The van der Waals surface area contributed by atoms with Crippen LogP contribution in [0.1, 0.15) is 30.6 Å². The van der Waals surface area contributed by atoms with E-state index in [1.807, 2.05) is 6.92 Å². The molecule has 0 unspecified atom stereocenters. The highest BCUT2D eigenvalue weighted by molar-refractivity contribution is 5.94. The summed E-state index contributed by atoms with van der Waals surface area (Å²) < 4.78 is 14.9. The summed E-state index contributed by atoms with van der Waals surface area (Å²) in [5.74, 6) is 0.298. The highest BCUT2D eigenvalue weighted by atomic mass is 16.7. The number of carbonyl (C=O) groups is 2. The molecule has 0 aliphatic heterocycles. The summed E-state index contributed by atoms with van der Waals surface area (Å²) in [5.41, 5.74) is 0.564. The predicted molar refractivity (Wildman–Crippen MR) is 69.5 cm³/mol. The van der Waals surface area contributed by atoms with Crippen molar-refractivity contribution in [1.82, 2.24) is 0 Å². The van der Waals surface area contributed by atoms with Crippen molar-refractivity contribution in [2.45, 2.75) is 20.3 Å². The quantitative estimate of drug-likeness (QED) is 0.328. The van der Waals surface area contributed by atoms with E-state index in [0.29, 0.717) is 24.5 Å². The Hall–Kier alpha value is -1.88. The highest BCUT2D eigenvalue weighted by Gasteiger charge is 2.06. The van der Waals surface area contributed by atoms with Gasteiger partial charge in [0, 0.05) is 12.2 Å². The number of hydrogen-bond donors (Lipinski definition) is 0. The van der Waals surface area contributed by atoms with E-state index in [1.54, 1.807) is 24.3 Å². The van der Waals surface area contributed by atoms with Gasteiger partial charge in [0.25, 0.3) is 0 Å². The molecule has 0 saturated carbocycles. The van der Waals surface area contributed by atoms with Crippen molar-refractivity contribution in [1.29, 1.82) is 0 Å². The largest absolute Gasteiger partial charge is 0.513 e. The summed E-state index contributed by atoms with van der Waals surface area (Å²) in [7, 11) is 0. The molecule has 0 fully saturated rings. The van der Waals surface area contributed by atoms with Crippen LogP contribution in [0.25, 0.3) is 0 Å². The number of rotatable bonds is 7. The van der Waals surface area contributed by atoms with Crippen molar-refractivity contribution in [2.24, 2.45) is 0 Å². The molecule has 0 spiro atoms. The molecule has 0 aliphatic carbocycles. The van der Waals surface area contributed by atoms with Crippen molar-refractivity contribution in [3.63, 3.8) is 0 Å². The molecule has 0 atom stereocenters. The summed E-state index contributed by atoms with van der Waals surface area (Å²) in [6, 6.07) is 6.28. The molecule has 1 aromatic carbocycles. The van der Waals surface area contributed by atoms with Crippen molar-refractivity contribution in [3.8, 4) is 5.75 Å². The van der Waals surface area contributed by atoms with E-state index in [-0.39, 0.29) is 12.4 Å². The average Bonchev–Trinajstić information content (AvgIpc) is 2.39. The van der Waals surface area contributed by atoms with Crippen LogP contribution < -0.4 is 4.74 Å². The molecule has 0 bridgehead atoms. The molecule has 5 heteroatoms. The zero-order valence-electron chi connectivity index (χ0n) is 11.2. The van der Waals surface area contributed by atoms with Gasteiger partial charge in [-0.3, -0.25) is 4.79 Å². The van der Waals surface area contributed by atoms with Crippen molar-refractivity contribution >= 4 is 11.9 Å². The van der Waals surface area contributed by atoms with E-state index in [0.717, 1.165) is 6.42 Å². The first kappa shape index (κ1) is 15.2. The first-order valence-electron chi connectivity index (χ1n) is 6.17. The lowest BCUT2D eigenvalue weighted by Gasteiger charge is -2.06. The molecule has 0 amide bonds. The Morgan fingerprint density at radius 3 is 2.32 bits per heavy atom. The molecule has 104 valence electrons. The lowest BCUT2D eigenvalue weighted by Crippen LogP contribution is -2.14. The first-order valence-corrected chi connectivity index (χ1v) is 6.17. The fraction of sp³-hybridized carbons (Fsp3) is 0.429. The van der Waals surface area contributed by atoms with Gasteiger partial charge >= 0.3 is 6.16 Å². The Balaban J connectivity index is 2.30. The molecule has 0 aliphatic rings. The number of carbonyl (C=O) groups excluding carboxylic acids is 2. The molecule has 0 saturated heterocycles. The van der Waals surface area contributed by atoms with Gasteiger partial charge in [0.1, 0.15) is 12.4 Å². The summed E-state index contributed by atoms with van der Waals surface area (Å²) in [5, 5.41) is 0. The van der Waals surface area contributed by atoms with Crippen LogP contribution in [0.4, 0.5) is 4.79 Å². The number of hydrogen-bond acceptors (Lipinski definition) is 5. The van der Waals surface area contributed by atoms with Gasteiger partial charge < -0.3 is 14.2 Å². The number of ether oxygens (including phenoxy) is 3. The molecule has 19 heavy (non-hydrogen) atoms. The van der Waals surface area contributed by atoms with Crippen LogP contribution in [0, 0.1) is 0 Å². The Morgan fingerprint density at radius 2 is 1.74 bits per heavy atom. The average molecular weight is 266 g/mol. The van der Waals surface area contributed by atoms with Crippen molar-refractivity contribution < 1.29 is 23.8 Å². The molecule has 0 N–H and O–H groups in total. The number of benzene rings is 1. The number of Topliss-reactive ketones (excluding diaryl/α,β-unsaturated/α-hetero) is 1. The van der Waals surface area contributed by atoms with E-state index in [9.17, 15) is 9.59 Å². The molecule has 0 radical (unpaired) electrons. The minimum absolute atomic E-state index is 0.0396. The monoisotopic (exact) mass is 266 g/mol. The summed E-state index contributed by atoms with van der Waals surface area (Å²) in [6.07, 6.45) is 0.142. The number of ketones is 1. The maximum Gasteiger partial charge on any atom is 0.513 e. The van der Waals surface area contributed by atoms with Crippen LogP contribution in [0.15, 0.2) is 24.3 Å². The molecule has 1 rings (SSSR count). The van der Waals surface area contributed by atoms with Crippen LogP contribution >= 0.6 is 0 Å². The van der Waals surface area contributed by atoms with Crippen LogP contribution in [0.3, 0.4) is 0 Å². The summed E-state index contributed by atoms with van der Waals surface area (Å²) in [4.78, 5) is 22.4. The highest BCUT2D eigenvalue weighted by Crippen LogP contribution is 2.13. The Morgan fingerprint density at radius 1 is 1.05 bits per heavy atom. The summed E-state index contributed by atoms with van der Waals surface area (Å²) in [6.45, 7) is 4.63. The normalized spacial score (nSPS) is 10.0. The lowest BCUT2D eigenvalue weighted by molar-refractivity contribution is 0.0523. The third-order valence-electron chi connectivity index (χ3n) is 2.26. The summed E-state index contributed by atoms with van der Waals surface area (Å²) >= 11 is 0. The topological polar surface area (TPSA) is 61.8 Å². The van der Waals surface area contributed by atoms with E-state index in [4.69, 9.17) is 14.2 Å². The molecule has 5 nitrogen and oxygen atoms in total. The maximum absolute atomic E-state index is 11.3. The third-order valence-corrected chi connectivity index (χ3v) is 2.26. The van der Waals surface area contributed by atoms with Gasteiger partial charge in [-0.15, -0.1) is 0 Å². The van der Waals surface area contributed by atoms with Gasteiger partial charge in [-0.05, 0) is 37.6 Å². The Labute approximate surface area is 112 Å². The Bertz CT molecular complexity index is 410. The van der Waals surface area contributed by atoms with Gasteiger partial charge in [-0.25, -0.2) is 4.79 Å². The zero-order valence-corrected chi connectivity index (χ0v) is 11.2. The molecule has 0 aromatic heterocycles. The van der Waals surface area contributed by atoms with Gasteiger partial charge in [-0.2, -0.15) is 0 Å². The minimum Gasteiger partial charge on any atom is -0.432 e. The maximum atomic E-state index is 11.3. The second-order valence-electron chi connectivity index (χ2n) is 3.89. The van der Waals surface area contributed by atoms with Crippen LogP contribution in [-0.4, -0.2) is 31.8 Å². The molecule has 0 heterocycles. The second-order valence-corrected chi connectivity index (χ2v) is 3.89. The van der Waals surface area contributed by atoms with Gasteiger partial charge in [0.2, 0.25) is 0 Å². The third kappa shape index (κ3) is 6.01. The van der Waals surface area contributed by atoms with E-state index >= 15 is 0 Å². The van der Waals surface area contributed by atoms with E-state index < -0.39 is 6.16 Å². The molecular formula is C14H18O5.